The Morgan fingerprint density at radius 2 is 1.96 bits per heavy atom. The molecule has 0 amide bonds. The molecule has 134 valence electrons. The van der Waals surface area contributed by atoms with Crippen LogP contribution in [0.4, 0.5) is 0 Å². The molecule has 1 aromatic carbocycles. The van der Waals surface area contributed by atoms with E-state index in [0.29, 0.717) is 29.7 Å². The highest BCUT2D eigenvalue weighted by Gasteiger charge is 2.19. The average Bonchev–Trinajstić information content (AvgIpc) is 2.66. The molecular formula is C20H25ClN2O2. The summed E-state index contributed by atoms with van der Waals surface area (Å²) in [5.41, 5.74) is 1.22. The second-order valence-electron chi connectivity index (χ2n) is 6.78. The van der Waals surface area contributed by atoms with E-state index >= 15 is 0 Å². The van der Waals surface area contributed by atoms with Gasteiger partial charge in [0.15, 0.2) is 0 Å². The van der Waals surface area contributed by atoms with Crippen LogP contribution in [0.15, 0.2) is 29.1 Å². The highest BCUT2D eigenvalue weighted by molar-refractivity contribution is 6.31. The molecule has 3 rings (SSSR count). The SMILES string of the molecule is COc1ccccc1-c1nc(C)c(Cl)c(=O)n1CCC1CCCCC1. The first-order chi connectivity index (χ1) is 12.1. The summed E-state index contributed by atoms with van der Waals surface area (Å²) in [5, 5.41) is 0.210. The Hall–Kier alpha value is -1.81. The third-order valence-corrected chi connectivity index (χ3v) is 5.55. The molecule has 4 nitrogen and oxygen atoms in total. The lowest BCUT2D eigenvalue weighted by atomic mass is 9.87. The Bertz CT molecular complexity index is 795. The lowest BCUT2D eigenvalue weighted by Crippen LogP contribution is -2.26. The number of nitrogens with zero attached hydrogens (tertiary/aromatic N) is 2. The number of methoxy groups -OCH3 is 1. The van der Waals surface area contributed by atoms with Gasteiger partial charge in [0.05, 0.1) is 18.4 Å². The molecule has 0 spiro atoms. The number of hydrogen-bond donors (Lipinski definition) is 0. The fourth-order valence-electron chi connectivity index (χ4n) is 3.67. The van der Waals surface area contributed by atoms with Crippen molar-refractivity contribution in [1.82, 2.24) is 9.55 Å². The Labute approximate surface area is 153 Å². The smallest absolute Gasteiger partial charge is 0.272 e. The van der Waals surface area contributed by atoms with E-state index in [-0.39, 0.29) is 10.6 Å². The van der Waals surface area contributed by atoms with E-state index in [1.165, 1.54) is 32.1 Å². The van der Waals surface area contributed by atoms with Crippen molar-refractivity contribution in [3.63, 3.8) is 0 Å². The van der Waals surface area contributed by atoms with Crippen molar-refractivity contribution < 1.29 is 4.74 Å². The van der Waals surface area contributed by atoms with Gasteiger partial charge in [-0.1, -0.05) is 55.8 Å². The first-order valence-corrected chi connectivity index (χ1v) is 9.40. The summed E-state index contributed by atoms with van der Waals surface area (Å²) < 4.78 is 7.19. The molecule has 1 aliphatic carbocycles. The largest absolute Gasteiger partial charge is 0.496 e. The molecule has 1 saturated carbocycles. The molecule has 2 aromatic rings. The minimum absolute atomic E-state index is 0.161. The molecule has 0 N–H and O–H groups in total. The van der Waals surface area contributed by atoms with Gasteiger partial charge in [-0.15, -0.1) is 0 Å². The first-order valence-electron chi connectivity index (χ1n) is 9.02. The van der Waals surface area contributed by atoms with Crippen molar-refractivity contribution in [2.45, 2.75) is 52.0 Å². The van der Waals surface area contributed by atoms with Crippen LogP contribution in [0.1, 0.15) is 44.2 Å². The Kier molecular flexibility index (Phi) is 5.79. The zero-order valence-electron chi connectivity index (χ0n) is 14.9. The van der Waals surface area contributed by atoms with Crippen molar-refractivity contribution in [3.05, 3.63) is 45.3 Å². The van der Waals surface area contributed by atoms with Crippen LogP contribution in [-0.4, -0.2) is 16.7 Å². The fourth-order valence-corrected chi connectivity index (χ4v) is 3.81. The number of aryl methyl sites for hydroxylation is 1. The molecule has 1 aliphatic rings. The van der Waals surface area contributed by atoms with Gasteiger partial charge in [-0.3, -0.25) is 9.36 Å². The molecule has 0 bridgehead atoms. The molecule has 0 aliphatic heterocycles. The van der Waals surface area contributed by atoms with Crippen LogP contribution in [0, 0.1) is 12.8 Å². The Balaban J connectivity index is 2.00. The molecule has 0 unspecified atom stereocenters. The van der Waals surface area contributed by atoms with Crippen molar-refractivity contribution in [3.8, 4) is 17.1 Å². The summed E-state index contributed by atoms with van der Waals surface area (Å²) in [5.74, 6) is 2.04. The topological polar surface area (TPSA) is 44.1 Å². The lowest BCUT2D eigenvalue weighted by molar-refractivity contribution is 0.322. The number of halogens is 1. The predicted octanol–water partition coefficient (Wildman–Crippen LogP) is 4.85. The molecule has 1 heterocycles. The van der Waals surface area contributed by atoms with E-state index in [2.05, 4.69) is 4.98 Å². The second-order valence-corrected chi connectivity index (χ2v) is 7.16. The highest BCUT2D eigenvalue weighted by Crippen LogP contribution is 2.30. The van der Waals surface area contributed by atoms with Crippen LogP contribution >= 0.6 is 11.6 Å². The van der Waals surface area contributed by atoms with Crippen LogP contribution in [0.25, 0.3) is 11.4 Å². The van der Waals surface area contributed by atoms with Gasteiger partial charge in [0.25, 0.3) is 5.56 Å². The molecule has 1 fully saturated rings. The summed E-state index contributed by atoms with van der Waals surface area (Å²) in [6, 6.07) is 7.66. The summed E-state index contributed by atoms with van der Waals surface area (Å²) in [6.45, 7) is 2.41. The molecule has 5 heteroatoms. The van der Waals surface area contributed by atoms with Crippen molar-refractivity contribution >= 4 is 11.6 Å². The summed E-state index contributed by atoms with van der Waals surface area (Å²) in [7, 11) is 1.63. The van der Waals surface area contributed by atoms with E-state index in [1.807, 2.05) is 24.3 Å². The molecule has 0 radical (unpaired) electrons. The fraction of sp³-hybridized carbons (Fsp3) is 0.500. The van der Waals surface area contributed by atoms with Gasteiger partial charge in [-0.25, -0.2) is 4.98 Å². The third-order valence-electron chi connectivity index (χ3n) is 5.11. The molecule has 25 heavy (non-hydrogen) atoms. The van der Waals surface area contributed by atoms with Gasteiger partial charge in [0.2, 0.25) is 0 Å². The normalized spacial score (nSPS) is 15.3. The highest BCUT2D eigenvalue weighted by atomic mass is 35.5. The Morgan fingerprint density at radius 1 is 1.24 bits per heavy atom. The van der Waals surface area contributed by atoms with Crippen LogP contribution in [0.2, 0.25) is 5.02 Å². The second kappa shape index (κ2) is 8.05. The lowest BCUT2D eigenvalue weighted by Gasteiger charge is -2.23. The average molecular weight is 361 g/mol. The number of benzene rings is 1. The quantitative estimate of drug-likeness (QED) is 0.765. The predicted molar refractivity (Wildman–Crippen MR) is 101 cm³/mol. The Morgan fingerprint density at radius 3 is 2.68 bits per heavy atom. The summed E-state index contributed by atoms with van der Waals surface area (Å²) in [6.07, 6.45) is 7.43. The van der Waals surface area contributed by atoms with E-state index in [1.54, 1.807) is 18.6 Å². The van der Waals surface area contributed by atoms with Crippen LogP contribution < -0.4 is 10.3 Å². The van der Waals surface area contributed by atoms with Crippen LogP contribution in [0.3, 0.4) is 0 Å². The van der Waals surface area contributed by atoms with E-state index in [9.17, 15) is 4.79 Å². The summed E-state index contributed by atoms with van der Waals surface area (Å²) >= 11 is 6.21. The maximum Gasteiger partial charge on any atom is 0.272 e. The van der Waals surface area contributed by atoms with Gasteiger partial charge in [0.1, 0.15) is 16.6 Å². The third kappa shape index (κ3) is 3.90. The monoisotopic (exact) mass is 360 g/mol. The van der Waals surface area contributed by atoms with Crippen molar-refractivity contribution in [1.29, 1.82) is 0 Å². The van der Waals surface area contributed by atoms with Gasteiger partial charge < -0.3 is 4.74 Å². The van der Waals surface area contributed by atoms with E-state index in [4.69, 9.17) is 16.3 Å². The molecule has 1 aromatic heterocycles. The first kappa shape index (κ1) is 18.0. The zero-order valence-corrected chi connectivity index (χ0v) is 15.7. The molecule has 0 atom stereocenters. The maximum atomic E-state index is 12.8. The standard InChI is InChI=1S/C20H25ClN2O2/c1-14-18(21)20(24)23(13-12-15-8-4-3-5-9-15)19(22-14)16-10-6-7-11-17(16)25-2/h6-7,10-11,15H,3-5,8-9,12-13H2,1-2H3. The van der Waals surface area contributed by atoms with Crippen LogP contribution in [-0.2, 0) is 6.54 Å². The van der Waals surface area contributed by atoms with Gasteiger partial charge in [-0.05, 0) is 31.4 Å². The molecular weight excluding hydrogens is 336 g/mol. The minimum Gasteiger partial charge on any atom is -0.496 e. The number of hydrogen-bond acceptors (Lipinski definition) is 3. The number of aromatic nitrogens is 2. The van der Waals surface area contributed by atoms with Crippen LogP contribution in [0.5, 0.6) is 5.75 Å². The molecule has 0 saturated heterocycles. The maximum absolute atomic E-state index is 12.8. The van der Waals surface area contributed by atoms with Gasteiger partial charge in [0, 0.05) is 6.54 Å². The van der Waals surface area contributed by atoms with E-state index in [0.717, 1.165) is 12.0 Å². The number of para-hydroxylation sites is 1. The van der Waals surface area contributed by atoms with Gasteiger partial charge >= 0.3 is 0 Å². The van der Waals surface area contributed by atoms with Gasteiger partial charge in [-0.2, -0.15) is 0 Å². The number of ether oxygens (including phenoxy) is 1. The minimum atomic E-state index is -0.161. The van der Waals surface area contributed by atoms with Crippen molar-refractivity contribution in [2.75, 3.05) is 7.11 Å². The van der Waals surface area contributed by atoms with Crippen molar-refractivity contribution in [2.24, 2.45) is 5.92 Å². The summed E-state index contributed by atoms with van der Waals surface area (Å²) in [4.78, 5) is 17.4. The zero-order chi connectivity index (χ0) is 17.8. The number of rotatable bonds is 5. The van der Waals surface area contributed by atoms with E-state index < -0.39 is 0 Å².